The molecule has 0 heterocycles. The fourth-order valence-electron chi connectivity index (χ4n) is 3.85. The van der Waals surface area contributed by atoms with Gasteiger partial charge in [0.05, 0.1) is 26.4 Å². The van der Waals surface area contributed by atoms with Crippen LogP contribution in [0.25, 0.3) is 0 Å². The molecule has 4 N–H and O–H groups in total. The summed E-state index contributed by atoms with van der Waals surface area (Å²) in [6.07, 6.45) is 3.64. The molecule has 0 aromatic heterocycles. The van der Waals surface area contributed by atoms with Crippen molar-refractivity contribution >= 4 is 6.09 Å². The van der Waals surface area contributed by atoms with Crippen molar-refractivity contribution in [3.63, 3.8) is 0 Å². The molecule has 1 unspecified atom stereocenters. The maximum absolute atomic E-state index is 11.0. The highest BCUT2D eigenvalue weighted by atomic mass is 16.5. The summed E-state index contributed by atoms with van der Waals surface area (Å²) >= 11 is 0. The highest BCUT2D eigenvalue weighted by Gasteiger charge is 2.32. The molecule has 152 valence electrons. The molecule has 1 amide bonds. The Hall–Kier alpha value is -1.99. The van der Waals surface area contributed by atoms with E-state index in [1.807, 2.05) is 18.2 Å². The van der Waals surface area contributed by atoms with Crippen LogP contribution in [0.3, 0.4) is 0 Å². The molecule has 27 heavy (non-hydrogen) atoms. The van der Waals surface area contributed by atoms with E-state index >= 15 is 0 Å². The Balaban J connectivity index is 2.12. The molecule has 2 rings (SSSR count). The second-order valence-corrected chi connectivity index (χ2v) is 7.25. The monoisotopic (exact) mass is 380 g/mol. The van der Waals surface area contributed by atoms with Crippen molar-refractivity contribution in [2.75, 3.05) is 14.2 Å². The first-order valence-corrected chi connectivity index (χ1v) is 9.57. The number of carboxylic acid groups (broad SMARTS) is 1. The summed E-state index contributed by atoms with van der Waals surface area (Å²) < 4.78 is 10.6. The third-order valence-electron chi connectivity index (χ3n) is 5.34. The van der Waals surface area contributed by atoms with E-state index in [2.05, 4.69) is 10.6 Å². The van der Waals surface area contributed by atoms with Gasteiger partial charge in [0.25, 0.3) is 0 Å². The molecular weight excluding hydrogens is 348 g/mol. The summed E-state index contributed by atoms with van der Waals surface area (Å²) in [6.45, 7) is 2.23. The lowest BCUT2D eigenvalue weighted by Crippen LogP contribution is -2.54. The zero-order valence-electron chi connectivity index (χ0n) is 16.4. The summed E-state index contributed by atoms with van der Waals surface area (Å²) in [6, 6.07) is 4.93. The maximum Gasteiger partial charge on any atom is 0.404 e. The molecule has 1 aliphatic carbocycles. The smallest absolute Gasteiger partial charge is 0.404 e. The van der Waals surface area contributed by atoms with E-state index in [9.17, 15) is 9.90 Å². The van der Waals surface area contributed by atoms with E-state index in [0.717, 1.165) is 31.2 Å². The molecular formula is C20H32N2O5. The summed E-state index contributed by atoms with van der Waals surface area (Å²) in [5.74, 6) is 1.74. The molecule has 1 saturated carbocycles. The van der Waals surface area contributed by atoms with Crippen molar-refractivity contribution in [1.82, 2.24) is 10.6 Å². The summed E-state index contributed by atoms with van der Waals surface area (Å²) in [4.78, 5) is 11.0. The van der Waals surface area contributed by atoms with Gasteiger partial charge >= 0.3 is 6.09 Å². The van der Waals surface area contributed by atoms with E-state index in [1.165, 1.54) is 6.42 Å². The van der Waals surface area contributed by atoms with Gasteiger partial charge in [-0.15, -0.1) is 0 Å². The highest BCUT2D eigenvalue weighted by Crippen LogP contribution is 2.29. The molecule has 0 aliphatic heterocycles. The molecule has 1 aromatic carbocycles. The van der Waals surface area contributed by atoms with Gasteiger partial charge in [-0.1, -0.05) is 19.3 Å². The quantitative estimate of drug-likeness (QED) is 0.526. The van der Waals surface area contributed by atoms with Gasteiger partial charge in [0.1, 0.15) is 11.5 Å². The number of hydrogen-bond donors (Lipinski definition) is 4. The van der Waals surface area contributed by atoms with Crippen LogP contribution in [-0.4, -0.2) is 48.7 Å². The molecule has 7 heteroatoms. The van der Waals surface area contributed by atoms with Gasteiger partial charge in [-0.25, -0.2) is 4.79 Å². The van der Waals surface area contributed by atoms with Crippen LogP contribution in [-0.2, 0) is 6.54 Å². The Morgan fingerprint density at radius 3 is 2.26 bits per heavy atom. The zero-order valence-corrected chi connectivity index (χ0v) is 16.4. The first-order valence-electron chi connectivity index (χ1n) is 9.57. The van der Waals surface area contributed by atoms with Crippen LogP contribution in [0.1, 0.15) is 44.6 Å². The number of methoxy groups -OCH3 is 2. The van der Waals surface area contributed by atoms with Gasteiger partial charge in [-0.05, 0) is 43.4 Å². The largest absolute Gasteiger partial charge is 0.497 e. The second-order valence-electron chi connectivity index (χ2n) is 7.25. The van der Waals surface area contributed by atoms with E-state index in [4.69, 9.17) is 14.6 Å². The minimum atomic E-state index is -1.12. The van der Waals surface area contributed by atoms with Crippen LogP contribution in [0, 0.1) is 5.92 Å². The average molecular weight is 380 g/mol. The number of rotatable bonds is 9. The van der Waals surface area contributed by atoms with Gasteiger partial charge in [0, 0.05) is 18.7 Å². The minimum Gasteiger partial charge on any atom is -0.497 e. The molecule has 1 aromatic rings. The molecule has 1 aliphatic rings. The average Bonchev–Trinajstić information content (AvgIpc) is 2.67. The number of aliphatic hydroxyl groups excluding tert-OH is 1. The lowest BCUT2D eigenvalue weighted by molar-refractivity contribution is 0.0557. The van der Waals surface area contributed by atoms with Crippen molar-refractivity contribution in [3.05, 3.63) is 23.8 Å². The summed E-state index contributed by atoms with van der Waals surface area (Å²) in [5.41, 5.74) is 0.984. The SMILES string of the molecule is COc1cc(CNC(C2CCCCC2)[C@H](O)[C@H](C)NC(=O)O)cc(OC)c1. The maximum atomic E-state index is 11.0. The highest BCUT2D eigenvalue weighted by molar-refractivity contribution is 5.64. The normalized spacial score (nSPS) is 18.4. The fraction of sp³-hybridized carbons (Fsp3) is 0.650. The topological polar surface area (TPSA) is 100 Å². The Kier molecular flexibility index (Phi) is 8.19. The van der Waals surface area contributed by atoms with Gasteiger partial charge < -0.3 is 30.3 Å². The number of hydrogen-bond acceptors (Lipinski definition) is 5. The van der Waals surface area contributed by atoms with Crippen molar-refractivity contribution < 1.29 is 24.5 Å². The van der Waals surface area contributed by atoms with Gasteiger partial charge in [-0.3, -0.25) is 0 Å². The predicted octanol–water partition coefficient (Wildman–Crippen LogP) is 2.76. The van der Waals surface area contributed by atoms with Gasteiger partial charge in [0.2, 0.25) is 0 Å². The van der Waals surface area contributed by atoms with Crippen molar-refractivity contribution in [2.45, 2.75) is 63.8 Å². The van der Waals surface area contributed by atoms with Gasteiger partial charge in [0.15, 0.2) is 0 Å². The fourth-order valence-corrected chi connectivity index (χ4v) is 3.85. The second kappa shape index (κ2) is 10.4. The summed E-state index contributed by atoms with van der Waals surface area (Å²) in [7, 11) is 3.22. The number of benzene rings is 1. The van der Waals surface area contributed by atoms with Crippen LogP contribution < -0.4 is 20.1 Å². The lowest BCUT2D eigenvalue weighted by atomic mass is 9.80. The van der Waals surface area contributed by atoms with E-state index in [-0.39, 0.29) is 6.04 Å². The molecule has 0 radical (unpaired) electrons. The standard InChI is InChI=1S/C20H32N2O5/c1-13(22-20(24)25)19(23)18(15-7-5-4-6-8-15)21-12-14-9-16(26-2)11-17(10-14)27-3/h9-11,13,15,18-19,21-23H,4-8,12H2,1-3H3,(H,24,25)/t13-,18?,19+/m0/s1. The third-order valence-corrected chi connectivity index (χ3v) is 5.34. The first kappa shape index (κ1) is 21.3. The molecule has 3 atom stereocenters. The number of amides is 1. The van der Waals surface area contributed by atoms with Crippen LogP contribution in [0.2, 0.25) is 0 Å². The Morgan fingerprint density at radius 2 is 1.74 bits per heavy atom. The zero-order chi connectivity index (χ0) is 19.8. The summed E-state index contributed by atoms with van der Waals surface area (Å²) in [5, 5.41) is 25.6. The number of carbonyl (C=O) groups is 1. The first-order chi connectivity index (χ1) is 12.9. The predicted molar refractivity (Wildman–Crippen MR) is 103 cm³/mol. The van der Waals surface area contributed by atoms with Crippen molar-refractivity contribution in [2.24, 2.45) is 5.92 Å². The van der Waals surface area contributed by atoms with Crippen LogP contribution in [0.4, 0.5) is 4.79 Å². The molecule has 1 fully saturated rings. The van der Waals surface area contributed by atoms with E-state index in [1.54, 1.807) is 21.1 Å². The van der Waals surface area contributed by atoms with Crippen molar-refractivity contribution in [3.8, 4) is 11.5 Å². The number of aliphatic hydroxyl groups is 1. The Morgan fingerprint density at radius 1 is 1.15 bits per heavy atom. The molecule has 0 saturated heterocycles. The van der Waals surface area contributed by atoms with Crippen molar-refractivity contribution in [1.29, 1.82) is 0 Å². The van der Waals surface area contributed by atoms with Crippen LogP contribution in [0.15, 0.2) is 18.2 Å². The Bertz CT molecular complexity index is 582. The molecule has 0 spiro atoms. The van der Waals surface area contributed by atoms with Crippen LogP contribution >= 0.6 is 0 Å². The number of nitrogens with one attached hydrogen (secondary N) is 2. The molecule has 0 bridgehead atoms. The Labute approximate surface area is 161 Å². The van der Waals surface area contributed by atoms with Crippen LogP contribution in [0.5, 0.6) is 11.5 Å². The van der Waals surface area contributed by atoms with E-state index < -0.39 is 18.2 Å². The van der Waals surface area contributed by atoms with Gasteiger partial charge in [-0.2, -0.15) is 0 Å². The number of ether oxygens (including phenoxy) is 2. The van der Waals surface area contributed by atoms with E-state index in [0.29, 0.717) is 24.0 Å². The molecule has 7 nitrogen and oxygen atoms in total. The lowest BCUT2D eigenvalue weighted by Gasteiger charge is -2.36. The minimum absolute atomic E-state index is 0.190. The third kappa shape index (κ3) is 6.29.